The van der Waals surface area contributed by atoms with Crippen molar-refractivity contribution in [2.24, 2.45) is 5.92 Å². The maximum Gasteiger partial charge on any atom is 0.127 e. The molecule has 1 aliphatic heterocycles. The van der Waals surface area contributed by atoms with Gasteiger partial charge in [-0.15, -0.1) is 0 Å². The van der Waals surface area contributed by atoms with Gasteiger partial charge in [0.25, 0.3) is 0 Å². The first-order valence-electron chi connectivity index (χ1n) is 2.89. The molecule has 1 saturated heterocycles. The Bertz CT molecular complexity index is 72.1. The Kier molecular flexibility index (Phi) is 4.18. The summed E-state index contributed by atoms with van der Waals surface area (Å²) in [5.41, 5.74) is 0. The van der Waals surface area contributed by atoms with Gasteiger partial charge in [-0.2, -0.15) is 6.61 Å². The number of hydrogen-bond acceptors (Lipinski definition) is 2. The van der Waals surface area contributed by atoms with Crippen LogP contribution < -0.4 is 0 Å². The standard InChI is InChI=1S/C6H11O2.2Rf/c1-5(2)6-7-3-4-8-6;;/h3,5-6H,4H2,1-2H3;;/q-1;;. The number of ether oxygens (including phenoxy) is 2. The quantitative estimate of drug-likeness (QED) is 0.398. The van der Waals surface area contributed by atoms with E-state index in [1.54, 1.807) is 6.61 Å². The Labute approximate surface area is 49.8 Å². The van der Waals surface area contributed by atoms with Gasteiger partial charge in [0.15, 0.2) is 0 Å². The molecule has 1 fully saturated rings. The van der Waals surface area contributed by atoms with E-state index < -0.39 is 0 Å². The Balaban J connectivity index is 0. The third-order valence-corrected chi connectivity index (χ3v) is 1.10. The molecule has 4 heteroatoms. The van der Waals surface area contributed by atoms with Crippen LogP contribution >= 0.6 is 0 Å². The molecule has 52 valence electrons. The van der Waals surface area contributed by atoms with Crippen LogP contribution in [0.15, 0.2) is 0 Å². The van der Waals surface area contributed by atoms with Gasteiger partial charge < -0.3 is 9.47 Å². The molecular weight excluding hydrogens is 638 g/mol. The molecule has 0 radical (unpaired) electrons. The molecule has 1 heterocycles. The zero-order valence-corrected chi connectivity index (χ0v) is 19.5. The van der Waals surface area contributed by atoms with E-state index in [1.807, 2.05) is 0 Å². The zero-order chi connectivity index (χ0) is 5.98. The zero-order valence-electron chi connectivity index (χ0n) is 6.67. The minimum Gasteiger partial charge on any atom is -0.527 e. The Morgan fingerprint density at radius 2 is 2.00 bits per heavy atom. The second-order valence-corrected chi connectivity index (χ2v) is 2.25. The van der Waals surface area contributed by atoms with E-state index in [4.69, 9.17) is 9.47 Å². The normalized spacial score (nSPS) is 23.7. The van der Waals surface area contributed by atoms with Gasteiger partial charge in [-0.3, -0.25) is 0 Å². The van der Waals surface area contributed by atoms with E-state index >= 15 is 0 Å². The first-order valence-corrected chi connectivity index (χ1v) is 2.89. The molecule has 2 nitrogen and oxygen atoms in total. The number of rotatable bonds is 1. The molecule has 0 bridgehead atoms. The van der Waals surface area contributed by atoms with Crippen molar-refractivity contribution in [3.63, 3.8) is 0 Å². The fourth-order valence-corrected chi connectivity index (χ4v) is 0.657. The van der Waals surface area contributed by atoms with Gasteiger partial charge in [0.1, 0.15) is 6.29 Å². The van der Waals surface area contributed by atoms with E-state index in [-0.39, 0.29) is 6.29 Å². The summed E-state index contributed by atoms with van der Waals surface area (Å²) in [4.78, 5) is 0. The third kappa shape index (κ3) is 1.80. The summed E-state index contributed by atoms with van der Waals surface area (Å²) >= 11 is 0. The molecule has 1 aliphatic rings. The molecule has 0 amide bonds. The van der Waals surface area contributed by atoms with Gasteiger partial charge in [0.2, 0.25) is 0 Å². The molecule has 0 spiro atoms. The van der Waals surface area contributed by atoms with Crippen molar-refractivity contribution in [3.8, 4) is 0 Å². The summed E-state index contributed by atoms with van der Waals surface area (Å²) in [6.45, 7) is 6.49. The molecule has 0 aromatic rings. The van der Waals surface area contributed by atoms with Crippen molar-refractivity contribution in [2.45, 2.75) is 20.1 Å². The Hall–Kier alpha value is -2.08. The predicted octanol–water partition coefficient (Wildman–Crippen LogP) is 1.18. The second kappa shape index (κ2) is 3.87. The molecule has 10 heavy (non-hydrogen) atoms. The summed E-state index contributed by atoms with van der Waals surface area (Å²) < 4.78 is 10.2. The molecule has 0 aliphatic carbocycles. The predicted molar refractivity (Wildman–Crippen MR) is 30.0 cm³/mol. The van der Waals surface area contributed by atoms with Crippen LogP contribution in [0.25, 0.3) is 0 Å². The molecule has 0 aromatic heterocycles. The van der Waals surface area contributed by atoms with E-state index in [2.05, 4.69) is 13.8 Å². The SMILES string of the molecule is CC(C)C1O[CH-]CO1.[Rf].[Rf]. The van der Waals surface area contributed by atoms with Crippen molar-refractivity contribution in [1.29, 1.82) is 0 Å². The summed E-state index contributed by atoms with van der Waals surface area (Å²) in [5.74, 6) is 0.466. The van der Waals surface area contributed by atoms with Crippen LogP contribution in [0.4, 0.5) is 0 Å². The van der Waals surface area contributed by atoms with Crippen LogP contribution in [0, 0.1) is 12.5 Å². The van der Waals surface area contributed by atoms with Crippen LogP contribution in [0.5, 0.6) is 0 Å². The summed E-state index contributed by atoms with van der Waals surface area (Å²) in [5, 5.41) is 0. The van der Waals surface area contributed by atoms with Gasteiger partial charge in [-0.25, -0.2) is 0 Å². The van der Waals surface area contributed by atoms with E-state index in [0.717, 1.165) is 0 Å². The van der Waals surface area contributed by atoms with Crippen molar-refractivity contribution in [1.82, 2.24) is 0 Å². The second-order valence-electron chi connectivity index (χ2n) is 2.25. The van der Waals surface area contributed by atoms with Crippen LogP contribution in [0.1, 0.15) is 13.8 Å². The topological polar surface area (TPSA) is 18.5 Å². The average molecular weight is 649 g/mol. The van der Waals surface area contributed by atoms with Crippen LogP contribution in [-0.4, -0.2) is 12.9 Å². The van der Waals surface area contributed by atoms with Crippen molar-refractivity contribution in [2.75, 3.05) is 6.61 Å². The van der Waals surface area contributed by atoms with E-state index in [1.165, 1.54) is 0 Å². The molecule has 1 rings (SSSR count). The molecule has 0 N–H and O–H groups in total. The first kappa shape index (κ1) is 10.8. The molecule has 0 aromatic carbocycles. The summed E-state index contributed by atoms with van der Waals surface area (Å²) in [6, 6.07) is 0. The Morgan fingerprint density at radius 3 is 2.20 bits per heavy atom. The smallest absolute Gasteiger partial charge is 0.127 e. The van der Waals surface area contributed by atoms with Crippen LogP contribution in [0.2, 0.25) is 0 Å². The maximum absolute atomic E-state index is 5.14. The van der Waals surface area contributed by atoms with Gasteiger partial charge in [-0.05, 0) is 0 Å². The van der Waals surface area contributed by atoms with Crippen LogP contribution in [-0.2, 0) is 9.47 Å². The fourth-order valence-electron chi connectivity index (χ4n) is 0.657. The maximum atomic E-state index is 5.14. The molecule has 1 unspecified atom stereocenters. The summed E-state index contributed by atoms with van der Waals surface area (Å²) in [7, 11) is 0. The minimum absolute atomic E-state index is 0. The fraction of sp³-hybridized carbons (Fsp3) is 0.833. The van der Waals surface area contributed by atoms with Gasteiger partial charge in [-0.1, -0.05) is 20.5 Å². The molecule has 1 atom stereocenters. The van der Waals surface area contributed by atoms with E-state index in [0.29, 0.717) is 12.5 Å². The monoisotopic (exact) mass is 649 g/mol. The first-order chi connectivity index (χ1) is 3.80. The number of hydrogen-bond donors (Lipinski definition) is 0. The van der Waals surface area contributed by atoms with Crippen molar-refractivity contribution < 1.29 is 9.47 Å². The van der Waals surface area contributed by atoms with Crippen molar-refractivity contribution >= 4 is 0 Å². The van der Waals surface area contributed by atoms with Gasteiger partial charge >= 0.3 is 0 Å². The van der Waals surface area contributed by atoms with E-state index in [9.17, 15) is 0 Å². The Morgan fingerprint density at radius 1 is 1.40 bits per heavy atom. The molecular formula is C6H11O2Rf2-. The summed E-state index contributed by atoms with van der Waals surface area (Å²) in [6.07, 6.45) is 0.00926. The largest absolute Gasteiger partial charge is 0.527 e. The van der Waals surface area contributed by atoms with Gasteiger partial charge in [0, 0.05) is 5.92 Å². The van der Waals surface area contributed by atoms with Crippen molar-refractivity contribution in [3.05, 3.63) is 6.61 Å². The van der Waals surface area contributed by atoms with Gasteiger partial charge in [0.05, 0.1) is 0 Å². The molecule has 0 saturated carbocycles. The van der Waals surface area contributed by atoms with Crippen LogP contribution in [0.3, 0.4) is 0 Å². The minimum atomic E-state index is 0. The third-order valence-electron chi connectivity index (χ3n) is 1.10. The average Bonchev–Trinajstić information content (AvgIpc) is 2.12.